The lowest BCUT2D eigenvalue weighted by atomic mass is 9.83. The fourth-order valence-corrected chi connectivity index (χ4v) is 9.16. The van der Waals surface area contributed by atoms with Crippen molar-refractivity contribution in [2.24, 2.45) is 0 Å². The van der Waals surface area contributed by atoms with Crippen LogP contribution in [0.15, 0.2) is 211 Å². The molecule has 2 aromatic heterocycles. The summed E-state index contributed by atoms with van der Waals surface area (Å²) in [4.78, 5) is 10.4. The molecule has 12 rings (SSSR count). The van der Waals surface area contributed by atoms with Gasteiger partial charge in [-0.3, -0.25) is 0 Å². The average molecular weight is 751 g/mol. The molecule has 10 aromatic carbocycles. The van der Waals surface area contributed by atoms with Crippen LogP contribution < -0.4 is 0 Å². The number of furan rings is 1. The van der Waals surface area contributed by atoms with E-state index in [2.05, 4.69) is 164 Å². The van der Waals surface area contributed by atoms with E-state index in [1.54, 1.807) is 0 Å². The highest BCUT2D eigenvalue weighted by Crippen LogP contribution is 2.47. The molecule has 0 spiro atoms. The first kappa shape index (κ1) is 33.3. The van der Waals surface area contributed by atoms with E-state index in [0.29, 0.717) is 5.82 Å². The van der Waals surface area contributed by atoms with Crippen molar-refractivity contribution in [2.75, 3.05) is 0 Å². The van der Waals surface area contributed by atoms with Crippen molar-refractivity contribution < 1.29 is 4.42 Å². The molecule has 0 N–H and O–H groups in total. The van der Waals surface area contributed by atoms with Crippen molar-refractivity contribution in [3.63, 3.8) is 0 Å². The first-order chi connectivity index (χ1) is 29.2. The number of rotatable bonds is 5. The predicted octanol–water partition coefficient (Wildman–Crippen LogP) is 15.3. The molecule has 0 saturated heterocycles. The molecule has 274 valence electrons. The van der Waals surface area contributed by atoms with Gasteiger partial charge in [0.15, 0.2) is 5.82 Å². The second-order valence-electron chi connectivity index (χ2n) is 15.3. The average Bonchev–Trinajstić information content (AvgIpc) is 3.70. The maximum atomic E-state index is 6.29. The molecule has 0 radical (unpaired) electrons. The third-order valence-corrected chi connectivity index (χ3v) is 11.8. The van der Waals surface area contributed by atoms with Crippen molar-refractivity contribution in [1.82, 2.24) is 9.97 Å². The Kier molecular flexibility index (Phi) is 7.54. The third-order valence-electron chi connectivity index (χ3n) is 11.8. The SMILES string of the molecule is c1ccc(-c2nc(-c3ccc4cc(-c5c6ccccc6c(-c6ccccc6)c6ccc7ccccc7c56)ccc4c3)cc(-c3cccc4oc5ccccc5c34)n2)cc1. The Bertz CT molecular complexity index is 3610. The standard InChI is InChI=1S/C56H34N2O/c1-3-15-36(16-4-1)52-43-20-9-10-21-44(43)53(55-42-19-8-7-14-35(42)30-31-47(52)55)41-29-27-38-32-40(28-26-39(38)33-41)48-34-49(58-56(57-48)37-17-5-2-6-18-37)45-23-13-25-51-54(45)46-22-11-12-24-50(46)59-51/h1-34H. The minimum atomic E-state index is 0.684. The maximum absolute atomic E-state index is 6.29. The normalized spacial score (nSPS) is 11.7. The highest BCUT2D eigenvalue weighted by Gasteiger charge is 2.20. The van der Waals surface area contributed by atoms with Gasteiger partial charge in [0.1, 0.15) is 11.2 Å². The van der Waals surface area contributed by atoms with Crippen LogP contribution in [0.4, 0.5) is 0 Å². The van der Waals surface area contributed by atoms with E-state index in [-0.39, 0.29) is 0 Å². The predicted molar refractivity (Wildman–Crippen MR) is 247 cm³/mol. The van der Waals surface area contributed by atoms with E-state index >= 15 is 0 Å². The number of hydrogen-bond acceptors (Lipinski definition) is 3. The molecule has 0 saturated carbocycles. The van der Waals surface area contributed by atoms with Gasteiger partial charge >= 0.3 is 0 Å². The minimum Gasteiger partial charge on any atom is -0.456 e. The van der Waals surface area contributed by atoms with Crippen LogP contribution in [0.1, 0.15) is 0 Å². The lowest BCUT2D eigenvalue weighted by Gasteiger charge is -2.19. The molecular weight excluding hydrogens is 717 g/mol. The second-order valence-corrected chi connectivity index (χ2v) is 15.3. The van der Waals surface area contributed by atoms with Crippen LogP contribution >= 0.6 is 0 Å². The number of nitrogens with zero attached hydrogens (tertiary/aromatic N) is 2. The van der Waals surface area contributed by atoms with Gasteiger partial charge in [-0.15, -0.1) is 0 Å². The van der Waals surface area contributed by atoms with Crippen LogP contribution in [0, 0.1) is 0 Å². The van der Waals surface area contributed by atoms with E-state index in [4.69, 9.17) is 14.4 Å². The zero-order valence-corrected chi connectivity index (χ0v) is 31.9. The fraction of sp³-hybridized carbons (Fsp3) is 0. The molecule has 3 nitrogen and oxygen atoms in total. The van der Waals surface area contributed by atoms with Gasteiger partial charge in [-0.25, -0.2) is 9.97 Å². The lowest BCUT2D eigenvalue weighted by molar-refractivity contribution is 0.669. The molecule has 0 aliphatic carbocycles. The van der Waals surface area contributed by atoms with Gasteiger partial charge in [0.2, 0.25) is 0 Å². The number of hydrogen-bond donors (Lipinski definition) is 0. The van der Waals surface area contributed by atoms with Crippen LogP contribution in [-0.4, -0.2) is 9.97 Å². The first-order valence-electron chi connectivity index (χ1n) is 20.1. The molecule has 0 aliphatic rings. The second kappa shape index (κ2) is 13.4. The Balaban J connectivity index is 1.05. The third kappa shape index (κ3) is 5.44. The smallest absolute Gasteiger partial charge is 0.160 e. The van der Waals surface area contributed by atoms with Gasteiger partial charge in [-0.05, 0) is 95.7 Å². The summed E-state index contributed by atoms with van der Waals surface area (Å²) in [6.45, 7) is 0. The number of fused-ring (bicyclic) bond motifs is 8. The minimum absolute atomic E-state index is 0.684. The van der Waals surface area contributed by atoms with E-state index < -0.39 is 0 Å². The number of para-hydroxylation sites is 1. The van der Waals surface area contributed by atoms with Gasteiger partial charge in [-0.2, -0.15) is 0 Å². The van der Waals surface area contributed by atoms with Crippen LogP contribution in [0.3, 0.4) is 0 Å². The molecule has 0 bridgehead atoms. The van der Waals surface area contributed by atoms with Crippen LogP contribution in [0.2, 0.25) is 0 Å². The summed E-state index contributed by atoms with van der Waals surface area (Å²) in [5.41, 5.74) is 11.4. The summed E-state index contributed by atoms with van der Waals surface area (Å²) < 4.78 is 6.29. The highest BCUT2D eigenvalue weighted by atomic mass is 16.3. The van der Waals surface area contributed by atoms with Crippen LogP contribution in [0.5, 0.6) is 0 Å². The molecule has 3 heteroatoms. The summed E-state index contributed by atoms with van der Waals surface area (Å²) in [7, 11) is 0. The Morgan fingerprint density at radius 1 is 0.305 bits per heavy atom. The Labute approximate surface area is 340 Å². The largest absolute Gasteiger partial charge is 0.456 e. The molecule has 2 heterocycles. The molecule has 0 fully saturated rings. The zero-order chi connectivity index (χ0) is 38.9. The van der Waals surface area contributed by atoms with Crippen LogP contribution in [-0.2, 0) is 0 Å². The fourth-order valence-electron chi connectivity index (χ4n) is 9.16. The van der Waals surface area contributed by atoms with Crippen LogP contribution in [0.25, 0.3) is 121 Å². The first-order valence-corrected chi connectivity index (χ1v) is 20.1. The monoisotopic (exact) mass is 750 g/mol. The molecular formula is C56H34N2O. The van der Waals surface area contributed by atoms with Gasteiger partial charge in [-0.1, -0.05) is 176 Å². The van der Waals surface area contributed by atoms with E-state index in [0.717, 1.165) is 55.4 Å². The molecule has 0 atom stereocenters. The van der Waals surface area contributed by atoms with E-state index in [1.807, 2.05) is 42.5 Å². The summed E-state index contributed by atoms with van der Waals surface area (Å²) in [5.74, 6) is 0.684. The van der Waals surface area contributed by atoms with Crippen molar-refractivity contribution >= 4 is 65.0 Å². The van der Waals surface area contributed by atoms with Gasteiger partial charge < -0.3 is 4.42 Å². The Hall–Kier alpha value is -7.88. The molecule has 0 amide bonds. The molecule has 12 aromatic rings. The number of aromatic nitrogens is 2. The van der Waals surface area contributed by atoms with Crippen molar-refractivity contribution in [3.05, 3.63) is 206 Å². The molecule has 0 aliphatic heterocycles. The highest BCUT2D eigenvalue weighted by molar-refractivity contribution is 6.28. The summed E-state index contributed by atoms with van der Waals surface area (Å²) >= 11 is 0. The summed E-state index contributed by atoms with van der Waals surface area (Å²) in [6, 6.07) is 73.5. The Morgan fingerprint density at radius 3 is 1.69 bits per heavy atom. The topological polar surface area (TPSA) is 38.9 Å². The van der Waals surface area contributed by atoms with Crippen molar-refractivity contribution in [1.29, 1.82) is 0 Å². The summed E-state index contributed by atoms with van der Waals surface area (Å²) in [5, 5.41) is 12.0. The number of benzene rings is 10. The Morgan fingerprint density at radius 2 is 0.898 bits per heavy atom. The van der Waals surface area contributed by atoms with Gasteiger partial charge in [0.05, 0.1) is 11.4 Å². The maximum Gasteiger partial charge on any atom is 0.160 e. The van der Waals surface area contributed by atoms with E-state index in [1.165, 1.54) is 60.0 Å². The lowest BCUT2D eigenvalue weighted by Crippen LogP contribution is -1.96. The van der Waals surface area contributed by atoms with E-state index in [9.17, 15) is 0 Å². The molecule has 59 heavy (non-hydrogen) atoms. The van der Waals surface area contributed by atoms with Crippen molar-refractivity contribution in [3.8, 4) is 56.2 Å². The van der Waals surface area contributed by atoms with Crippen molar-refractivity contribution in [2.45, 2.75) is 0 Å². The van der Waals surface area contributed by atoms with Gasteiger partial charge in [0, 0.05) is 27.5 Å². The van der Waals surface area contributed by atoms with Gasteiger partial charge in [0.25, 0.3) is 0 Å². The quantitative estimate of drug-likeness (QED) is 0.130. The summed E-state index contributed by atoms with van der Waals surface area (Å²) in [6.07, 6.45) is 0. The molecule has 0 unspecified atom stereocenters. The zero-order valence-electron chi connectivity index (χ0n) is 31.9.